The minimum absolute atomic E-state index is 1.02. The molecule has 0 bridgehead atoms. The quantitative estimate of drug-likeness (QED) is 0.261. The van der Waals surface area contributed by atoms with Crippen LogP contribution in [0.15, 0.2) is 73.1 Å². The van der Waals surface area contributed by atoms with Crippen molar-refractivity contribution < 1.29 is 0 Å². The van der Waals surface area contributed by atoms with Crippen molar-refractivity contribution >= 4 is 43.6 Å². The van der Waals surface area contributed by atoms with E-state index in [1.807, 2.05) is 12.4 Å². The van der Waals surface area contributed by atoms with E-state index < -0.39 is 0 Å². The molecule has 0 spiro atoms. The van der Waals surface area contributed by atoms with E-state index in [-0.39, 0.29) is 0 Å². The lowest BCUT2D eigenvalue weighted by Crippen LogP contribution is -2.02. The van der Waals surface area contributed by atoms with Gasteiger partial charge in [-0.25, -0.2) is 0 Å². The van der Waals surface area contributed by atoms with Gasteiger partial charge in [0.2, 0.25) is 0 Å². The zero-order chi connectivity index (χ0) is 22.4. The van der Waals surface area contributed by atoms with Gasteiger partial charge in [-0.05, 0) is 57.4 Å². The van der Waals surface area contributed by atoms with Gasteiger partial charge in [0.05, 0.1) is 22.4 Å². The van der Waals surface area contributed by atoms with Crippen molar-refractivity contribution in [2.45, 2.75) is 46.2 Å². The minimum Gasteiger partial charge on any atom is -0.339 e. The molecule has 0 aliphatic heterocycles. The maximum atomic E-state index is 4.58. The molecule has 2 aromatic carbocycles. The summed E-state index contributed by atoms with van der Waals surface area (Å²) in [5, 5.41) is 5.27. The Morgan fingerprint density at radius 3 is 1.48 bits per heavy atom. The number of benzene rings is 2. The van der Waals surface area contributed by atoms with Gasteiger partial charge in [0, 0.05) is 58.1 Å². The first-order valence-electron chi connectivity index (χ1n) is 11.9. The molecule has 0 radical (unpaired) electrons. The summed E-state index contributed by atoms with van der Waals surface area (Å²) < 4.78 is 4.95. The fraction of sp³-hybridized carbons (Fsp3) is 0.241. The Bertz CT molecular complexity index is 1500. The second-order valence-electron chi connectivity index (χ2n) is 8.98. The van der Waals surface area contributed by atoms with Gasteiger partial charge >= 0.3 is 0 Å². The number of hydrogen-bond acceptors (Lipinski definition) is 2. The lowest BCUT2D eigenvalue weighted by molar-refractivity contribution is 0.569. The Morgan fingerprint density at radius 1 is 0.545 bits per heavy atom. The van der Waals surface area contributed by atoms with Crippen LogP contribution in [0.1, 0.15) is 30.7 Å². The summed E-state index contributed by atoms with van der Waals surface area (Å²) in [6, 6.07) is 21.8. The molecule has 6 aromatic rings. The van der Waals surface area contributed by atoms with Gasteiger partial charge in [0.25, 0.3) is 0 Å². The second kappa shape index (κ2) is 8.04. The zero-order valence-corrected chi connectivity index (χ0v) is 19.3. The van der Waals surface area contributed by atoms with Crippen LogP contribution in [0.3, 0.4) is 0 Å². The number of rotatable bonds is 6. The average molecular weight is 433 g/mol. The highest BCUT2D eigenvalue weighted by atomic mass is 15.0. The molecule has 0 saturated carbocycles. The van der Waals surface area contributed by atoms with E-state index in [1.54, 1.807) is 0 Å². The molecule has 4 heteroatoms. The molecule has 0 unspecified atom stereocenters. The summed E-state index contributed by atoms with van der Waals surface area (Å²) in [4.78, 5) is 9.15. The molecule has 33 heavy (non-hydrogen) atoms. The summed E-state index contributed by atoms with van der Waals surface area (Å²) in [6.45, 7) is 6.28. The predicted molar refractivity (Wildman–Crippen MR) is 138 cm³/mol. The Labute approximate surface area is 193 Å². The topological polar surface area (TPSA) is 35.6 Å². The van der Waals surface area contributed by atoms with Gasteiger partial charge in [-0.2, -0.15) is 0 Å². The number of nitrogens with zero attached hydrogens (tertiary/aromatic N) is 4. The summed E-state index contributed by atoms with van der Waals surface area (Å²) in [5.41, 5.74) is 7.40. The average Bonchev–Trinajstić information content (AvgIpc) is 3.34. The van der Waals surface area contributed by atoms with E-state index in [2.05, 4.69) is 93.6 Å². The van der Waals surface area contributed by atoms with Crippen molar-refractivity contribution in [2.24, 2.45) is 0 Å². The fourth-order valence-electron chi connectivity index (χ4n) is 5.53. The third-order valence-corrected chi connectivity index (χ3v) is 6.99. The lowest BCUT2D eigenvalue weighted by Gasteiger charge is -2.11. The molecule has 0 N–H and O–H groups in total. The van der Waals surface area contributed by atoms with Crippen molar-refractivity contribution in [1.29, 1.82) is 0 Å². The van der Waals surface area contributed by atoms with Crippen molar-refractivity contribution in [3.8, 4) is 0 Å². The van der Waals surface area contributed by atoms with Gasteiger partial charge in [-0.15, -0.1) is 0 Å². The van der Waals surface area contributed by atoms with Gasteiger partial charge in [-0.1, -0.05) is 36.4 Å². The Morgan fingerprint density at radius 2 is 1.00 bits per heavy atom. The number of aryl methyl sites for hydroxylation is 4. The van der Waals surface area contributed by atoms with Crippen LogP contribution in [0.2, 0.25) is 0 Å². The third kappa shape index (κ3) is 3.20. The zero-order valence-electron chi connectivity index (χ0n) is 19.3. The van der Waals surface area contributed by atoms with Crippen LogP contribution in [-0.4, -0.2) is 19.1 Å². The normalized spacial score (nSPS) is 11.9. The first-order valence-corrected chi connectivity index (χ1v) is 11.9. The predicted octanol–water partition coefficient (Wildman–Crippen LogP) is 7.18. The van der Waals surface area contributed by atoms with Crippen molar-refractivity contribution in [1.82, 2.24) is 19.1 Å². The first kappa shape index (κ1) is 20.0. The molecular formula is C29H28N4. The third-order valence-electron chi connectivity index (χ3n) is 6.99. The minimum atomic E-state index is 1.02. The van der Waals surface area contributed by atoms with Gasteiger partial charge in [-0.3, -0.25) is 9.97 Å². The summed E-state index contributed by atoms with van der Waals surface area (Å²) in [5.74, 6) is 0. The van der Waals surface area contributed by atoms with Crippen LogP contribution in [0.25, 0.3) is 43.6 Å². The molecule has 0 atom stereocenters. The van der Waals surface area contributed by atoms with E-state index in [9.17, 15) is 0 Å². The van der Waals surface area contributed by atoms with Crippen molar-refractivity contribution in [3.05, 3.63) is 84.4 Å². The maximum Gasteiger partial charge on any atom is 0.0707 e. The van der Waals surface area contributed by atoms with Crippen LogP contribution in [0.5, 0.6) is 0 Å². The molecule has 0 saturated heterocycles. The van der Waals surface area contributed by atoms with Crippen LogP contribution < -0.4 is 0 Å². The van der Waals surface area contributed by atoms with Crippen molar-refractivity contribution in [3.63, 3.8) is 0 Å². The van der Waals surface area contributed by atoms with Crippen LogP contribution >= 0.6 is 0 Å². The van der Waals surface area contributed by atoms with E-state index in [1.165, 1.54) is 50.0 Å². The molecule has 4 aromatic heterocycles. The molecule has 0 aliphatic carbocycles. The lowest BCUT2D eigenvalue weighted by atomic mass is 10.2. The molecule has 6 rings (SSSR count). The number of pyridine rings is 2. The number of hydrogen-bond donors (Lipinski definition) is 0. The molecule has 164 valence electrons. The molecule has 0 amide bonds. The maximum absolute atomic E-state index is 4.58. The number of unbranched alkanes of at least 4 members (excludes halogenated alkanes) is 2. The van der Waals surface area contributed by atoms with Crippen LogP contribution in [0.4, 0.5) is 0 Å². The number of para-hydroxylation sites is 2. The monoisotopic (exact) mass is 432 g/mol. The van der Waals surface area contributed by atoms with Gasteiger partial charge in [0.15, 0.2) is 0 Å². The fourth-order valence-corrected chi connectivity index (χ4v) is 5.53. The SMILES string of the molecule is Cc1nccc2c3ccccc3n(CCCCCn3c4ccccc4c4ccnc(C)c43)c12. The standard InChI is InChI=1S/C29H28N4/c1-20-28-24(14-16-30-20)22-10-4-6-12-26(22)32(28)18-8-3-9-19-33-27-13-7-5-11-23(27)25-15-17-31-21(2)29(25)33/h4-7,10-17H,3,8-9,18-19H2,1-2H3. The Kier molecular flexibility index (Phi) is 4.87. The smallest absolute Gasteiger partial charge is 0.0707 e. The van der Waals surface area contributed by atoms with E-state index in [0.717, 1.165) is 37.3 Å². The molecule has 0 aliphatic rings. The Balaban J connectivity index is 1.24. The summed E-state index contributed by atoms with van der Waals surface area (Å²) >= 11 is 0. The molecule has 4 nitrogen and oxygen atoms in total. The highest BCUT2D eigenvalue weighted by molar-refractivity contribution is 6.09. The largest absolute Gasteiger partial charge is 0.339 e. The summed E-state index contributed by atoms with van der Waals surface area (Å²) in [7, 11) is 0. The highest BCUT2D eigenvalue weighted by Gasteiger charge is 2.14. The molecular weight excluding hydrogens is 404 g/mol. The van der Waals surface area contributed by atoms with E-state index >= 15 is 0 Å². The number of fused-ring (bicyclic) bond motifs is 6. The van der Waals surface area contributed by atoms with E-state index in [0.29, 0.717) is 0 Å². The van der Waals surface area contributed by atoms with Crippen LogP contribution in [0, 0.1) is 13.8 Å². The molecule has 4 heterocycles. The Hall–Kier alpha value is -3.66. The van der Waals surface area contributed by atoms with Gasteiger partial charge < -0.3 is 9.13 Å². The van der Waals surface area contributed by atoms with Crippen molar-refractivity contribution in [2.75, 3.05) is 0 Å². The van der Waals surface area contributed by atoms with Gasteiger partial charge in [0.1, 0.15) is 0 Å². The highest BCUT2D eigenvalue weighted by Crippen LogP contribution is 2.32. The number of aromatic nitrogens is 4. The first-order chi connectivity index (χ1) is 16.2. The van der Waals surface area contributed by atoms with Crippen LogP contribution in [-0.2, 0) is 13.1 Å². The van der Waals surface area contributed by atoms with E-state index in [4.69, 9.17) is 0 Å². The second-order valence-corrected chi connectivity index (χ2v) is 8.98. The summed E-state index contributed by atoms with van der Waals surface area (Å²) in [6.07, 6.45) is 7.33. The molecule has 0 fully saturated rings.